The van der Waals surface area contributed by atoms with E-state index in [4.69, 9.17) is 0 Å². The van der Waals surface area contributed by atoms with E-state index in [1.807, 2.05) is 19.1 Å². The Morgan fingerprint density at radius 1 is 1.29 bits per heavy atom. The topological polar surface area (TPSA) is 12.0 Å². The molecule has 1 N–H and O–H groups in total. The molecule has 0 spiro atoms. The number of nitrogens with one attached hydrogen (secondary N) is 1. The number of rotatable bonds is 2. The molecule has 0 saturated carbocycles. The van der Waals surface area contributed by atoms with E-state index >= 15 is 0 Å². The number of hydrogen-bond acceptors (Lipinski definition) is 1. The van der Waals surface area contributed by atoms with Crippen LogP contribution in [0, 0.1) is 12.7 Å². The monoisotopic (exact) mass is 235 g/mol. The van der Waals surface area contributed by atoms with Crippen molar-refractivity contribution in [3.05, 3.63) is 35.1 Å². The van der Waals surface area contributed by atoms with Crippen molar-refractivity contribution < 1.29 is 4.39 Å². The Balaban J connectivity index is 2.41. The van der Waals surface area contributed by atoms with Gasteiger partial charge in [-0.05, 0) is 38.8 Å². The highest BCUT2D eigenvalue weighted by molar-refractivity contribution is 5.31. The first kappa shape index (κ1) is 12.6. The van der Waals surface area contributed by atoms with E-state index in [1.165, 1.54) is 19.3 Å². The highest BCUT2D eigenvalue weighted by Crippen LogP contribution is 2.34. The zero-order valence-corrected chi connectivity index (χ0v) is 10.9. The van der Waals surface area contributed by atoms with E-state index in [1.54, 1.807) is 6.07 Å². The minimum atomic E-state index is -0.146. The number of benzene rings is 1. The lowest BCUT2D eigenvalue weighted by Crippen LogP contribution is -2.42. The van der Waals surface area contributed by atoms with E-state index < -0.39 is 0 Å². The molecule has 1 aliphatic heterocycles. The molecule has 17 heavy (non-hydrogen) atoms. The van der Waals surface area contributed by atoms with Crippen LogP contribution in [0.1, 0.15) is 50.2 Å². The fourth-order valence-corrected chi connectivity index (χ4v) is 2.87. The maximum Gasteiger partial charge on any atom is 0.128 e. The molecule has 1 nitrogen and oxygen atoms in total. The summed E-state index contributed by atoms with van der Waals surface area (Å²) in [5.74, 6) is -0.0631. The molecule has 2 heteroatoms. The van der Waals surface area contributed by atoms with Crippen LogP contribution in [0.4, 0.5) is 4.39 Å². The van der Waals surface area contributed by atoms with Crippen LogP contribution in [-0.2, 0) is 5.54 Å². The quantitative estimate of drug-likeness (QED) is 0.819. The molecule has 94 valence electrons. The molecule has 2 rings (SSSR count). The van der Waals surface area contributed by atoms with Gasteiger partial charge in [0.15, 0.2) is 0 Å². The molecule has 1 saturated heterocycles. The summed E-state index contributed by atoms with van der Waals surface area (Å²) in [5.41, 5.74) is 1.86. The maximum absolute atomic E-state index is 14.1. The Morgan fingerprint density at radius 2 is 2.12 bits per heavy atom. The molecule has 1 heterocycles. The van der Waals surface area contributed by atoms with E-state index in [9.17, 15) is 4.39 Å². The Morgan fingerprint density at radius 3 is 2.88 bits per heavy atom. The van der Waals surface area contributed by atoms with Crippen molar-refractivity contribution in [3.8, 4) is 0 Å². The van der Waals surface area contributed by atoms with E-state index in [0.29, 0.717) is 0 Å². The maximum atomic E-state index is 14.1. The molecule has 0 amide bonds. The van der Waals surface area contributed by atoms with Crippen molar-refractivity contribution in [2.24, 2.45) is 0 Å². The smallest absolute Gasteiger partial charge is 0.128 e. The van der Waals surface area contributed by atoms with Crippen molar-refractivity contribution in [2.45, 2.75) is 51.5 Å². The molecular weight excluding hydrogens is 213 g/mol. The normalized spacial score (nSPS) is 25.6. The first-order chi connectivity index (χ1) is 8.18. The molecule has 0 aliphatic carbocycles. The summed E-state index contributed by atoms with van der Waals surface area (Å²) in [7, 11) is 0. The zero-order chi connectivity index (χ0) is 12.3. The summed E-state index contributed by atoms with van der Waals surface area (Å²) in [6.07, 6.45) is 5.64. The zero-order valence-electron chi connectivity index (χ0n) is 10.9. The number of aryl methyl sites for hydroxylation is 1. The third-order valence-electron chi connectivity index (χ3n) is 3.98. The Hall–Kier alpha value is -0.890. The summed E-state index contributed by atoms with van der Waals surface area (Å²) >= 11 is 0. The van der Waals surface area contributed by atoms with Gasteiger partial charge in [0.25, 0.3) is 0 Å². The lowest BCUT2D eigenvalue weighted by Gasteiger charge is -2.34. The van der Waals surface area contributed by atoms with E-state index in [2.05, 4.69) is 12.2 Å². The highest BCUT2D eigenvalue weighted by Gasteiger charge is 2.32. The van der Waals surface area contributed by atoms with Crippen molar-refractivity contribution in [1.82, 2.24) is 5.32 Å². The summed E-state index contributed by atoms with van der Waals surface area (Å²) < 4.78 is 14.1. The highest BCUT2D eigenvalue weighted by atomic mass is 19.1. The molecule has 1 aromatic carbocycles. The summed E-state index contributed by atoms with van der Waals surface area (Å²) in [6.45, 7) is 5.18. The van der Waals surface area contributed by atoms with Crippen LogP contribution in [0.3, 0.4) is 0 Å². The van der Waals surface area contributed by atoms with Crippen molar-refractivity contribution in [2.75, 3.05) is 6.54 Å². The van der Waals surface area contributed by atoms with Gasteiger partial charge >= 0.3 is 0 Å². The van der Waals surface area contributed by atoms with Gasteiger partial charge in [-0.15, -0.1) is 0 Å². The van der Waals surface area contributed by atoms with Gasteiger partial charge < -0.3 is 5.32 Å². The third-order valence-corrected chi connectivity index (χ3v) is 3.98. The number of halogens is 1. The van der Waals surface area contributed by atoms with Gasteiger partial charge in [-0.3, -0.25) is 0 Å². The summed E-state index contributed by atoms with van der Waals surface area (Å²) in [5, 5.41) is 3.59. The second kappa shape index (κ2) is 5.18. The van der Waals surface area contributed by atoms with Gasteiger partial charge in [0.1, 0.15) is 5.82 Å². The fourth-order valence-electron chi connectivity index (χ4n) is 2.87. The second-order valence-corrected chi connectivity index (χ2v) is 5.16. The van der Waals surface area contributed by atoms with Gasteiger partial charge in [-0.1, -0.05) is 37.5 Å². The first-order valence-electron chi connectivity index (χ1n) is 6.69. The van der Waals surface area contributed by atoms with Gasteiger partial charge in [0.2, 0.25) is 0 Å². The molecule has 1 aromatic rings. The van der Waals surface area contributed by atoms with Crippen LogP contribution in [0.25, 0.3) is 0 Å². The SMILES string of the molecule is CCC1(c2cc(C)ccc2F)CCCCCN1. The molecule has 1 atom stereocenters. The molecule has 0 radical (unpaired) electrons. The largest absolute Gasteiger partial charge is 0.307 e. The molecule has 1 unspecified atom stereocenters. The Kier molecular flexibility index (Phi) is 3.82. The Bertz CT molecular complexity index is 379. The van der Waals surface area contributed by atoms with Crippen LogP contribution in [0.2, 0.25) is 0 Å². The molecule has 0 bridgehead atoms. The molecular formula is C15H22FN. The molecule has 1 fully saturated rings. The van der Waals surface area contributed by atoms with Gasteiger partial charge in [0.05, 0.1) is 0 Å². The van der Waals surface area contributed by atoms with Crippen LogP contribution in [-0.4, -0.2) is 6.54 Å². The summed E-state index contributed by atoms with van der Waals surface area (Å²) in [6, 6.07) is 5.46. The van der Waals surface area contributed by atoms with Crippen LogP contribution in [0.5, 0.6) is 0 Å². The standard InChI is InChI=1S/C15H22FN/c1-3-15(9-5-4-6-10-17-15)13-11-12(2)7-8-14(13)16/h7-8,11,17H,3-6,9-10H2,1-2H3. The van der Waals surface area contributed by atoms with E-state index in [0.717, 1.165) is 30.5 Å². The predicted molar refractivity (Wildman–Crippen MR) is 69.6 cm³/mol. The minimum Gasteiger partial charge on any atom is -0.307 e. The van der Waals surface area contributed by atoms with Gasteiger partial charge in [-0.2, -0.15) is 0 Å². The molecule has 1 aliphatic rings. The van der Waals surface area contributed by atoms with Crippen LogP contribution < -0.4 is 5.32 Å². The summed E-state index contributed by atoms with van der Waals surface area (Å²) in [4.78, 5) is 0. The lowest BCUT2D eigenvalue weighted by atomic mass is 9.82. The fraction of sp³-hybridized carbons (Fsp3) is 0.600. The first-order valence-corrected chi connectivity index (χ1v) is 6.69. The van der Waals surface area contributed by atoms with Crippen LogP contribution >= 0.6 is 0 Å². The van der Waals surface area contributed by atoms with Crippen molar-refractivity contribution in [1.29, 1.82) is 0 Å². The lowest BCUT2D eigenvalue weighted by molar-refractivity contribution is 0.301. The average molecular weight is 235 g/mol. The average Bonchev–Trinajstić information content (AvgIpc) is 2.58. The van der Waals surface area contributed by atoms with Gasteiger partial charge in [-0.25, -0.2) is 4.39 Å². The second-order valence-electron chi connectivity index (χ2n) is 5.16. The number of hydrogen-bond donors (Lipinski definition) is 1. The minimum absolute atomic E-state index is 0.0631. The third kappa shape index (κ3) is 2.52. The van der Waals surface area contributed by atoms with Gasteiger partial charge in [0, 0.05) is 11.1 Å². The molecule has 0 aromatic heterocycles. The van der Waals surface area contributed by atoms with Crippen LogP contribution in [0.15, 0.2) is 18.2 Å². The van der Waals surface area contributed by atoms with E-state index in [-0.39, 0.29) is 11.4 Å². The predicted octanol–water partition coefficient (Wildman–Crippen LogP) is 3.90. The Labute approximate surface area is 103 Å². The van der Waals surface area contributed by atoms with Crippen molar-refractivity contribution >= 4 is 0 Å². The van der Waals surface area contributed by atoms with Crippen molar-refractivity contribution in [3.63, 3.8) is 0 Å².